The van der Waals surface area contributed by atoms with Gasteiger partial charge in [0.1, 0.15) is 0 Å². The zero-order valence-corrected chi connectivity index (χ0v) is 15.2. The lowest BCUT2D eigenvalue weighted by atomic mass is 10.2. The fourth-order valence-electron chi connectivity index (χ4n) is 2.26. The molecular weight excluding hydrogens is 352 g/mol. The van der Waals surface area contributed by atoms with Gasteiger partial charge in [0.2, 0.25) is 17.6 Å². The summed E-state index contributed by atoms with van der Waals surface area (Å²) in [5.41, 5.74) is 1.19. The number of thiophene rings is 1. The lowest BCUT2D eigenvalue weighted by molar-refractivity contribution is -0.115. The van der Waals surface area contributed by atoms with E-state index in [0.717, 1.165) is 9.75 Å². The van der Waals surface area contributed by atoms with Gasteiger partial charge in [-0.3, -0.25) is 9.59 Å². The van der Waals surface area contributed by atoms with Crippen molar-refractivity contribution in [3.63, 3.8) is 0 Å². The molecule has 2 aromatic heterocycles. The van der Waals surface area contributed by atoms with E-state index in [9.17, 15) is 9.59 Å². The molecule has 26 heavy (non-hydrogen) atoms. The Morgan fingerprint density at radius 1 is 1.23 bits per heavy atom. The van der Waals surface area contributed by atoms with Gasteiger partial charge in [-0.2, -0.15) is 4.98 Å². The van der Waals surface area contributed by atoms with E-state index in [1.165, 1.54) is 11.3 Å². The zero-order chi connectivity index (χ0) is 18.5. The lowest BCUT2D eigenvalue weighted by Crippen LogP contribution is -2.32. The molecule has 0 saturated carbocycles. The fourth-order valence-corrected chi connectivity index (χ4v) is 3.16. The van der Waals surface area contributed by atoms with Crippen molar-refractivity contribution in [3.8, 4) is 10.7 Å². The van der Waals surface area contributed by atoms with Crippen molar-refractivity contribution in [1.82, 2.24) is 15.5 Å². The minimum absolute atomic E-state index is 0.111. The topological polar surface area (TPSA) is 97.1 Å². The van der Waals surface area contributed by atoms with Crippen molar-refractivity contribution < 1.29 is 14.1 Å². The van der Waals surface area contributed by atoms with Crippen molar-refractivity contribution in [1.29, 1.82) is 0 Å². The van der Waals surface area contributed by atoms with Gasteiger partial charge in [0, 0.05) is 16.9 Å². The van der Waals surface area contributed by atoms with Gasteiger partial charge in [-0.1, -0.05) is 30.3 Å². The number of nitrogens with one attached hydrogen (secondary N) is 2. The van der Waals surface area contributed by atoms with Crippen molar-refractivity contribution >= 4 is 28.8 Å². The molecule has 0 aliphatic carbocycles. The van der Waals surface area contributed by atoms with Crippen LogP contribution in [0.15, 0.2) is 40.9 Å². The molecule has 134 valence electrons. The van der Waals surface area contributed by atoms with Crippen LogP contribution in [0.3, 0.4) is 0 Å². The van der Waals surface area contributed by atoms with Crippen LogP contribution in [-0.2, 0) is 11.2 Å². The Morgan fingerprint density at radius 2 is 2.00 bits per heavy atom. The maximum absolute atomic E-state index is 12.1. The molecule has 2 amide bonds. The highest BCUT2D eigenvalue weighted by molar-refractivity contribution is 7.16. The van der Waals surface area contributed by atoms with Gasteiger partial charge in [-0.05, 0) is 25.1 Å². The summed E-state index contributed by atoms with van der Waals surface area (Å²) in [4.78, 5) is 30.1. The second-order valence-corrected chi connectivity index (χ2v) is 6.80. The first kappa shape index (κ1) is 17.8. The Morgan fingerprint density at radius 3 is 2.69 bits per heavy atom. The summed E-state index contributed by atoms with van der Waals surface area (Å²) in [6.45, 7) is 3.72. The predicted molar refractivity (Wildman–Crippen MR) is 99.1 cm³/mol. The monoisotopic (exact) mass is 370 g/mol. The molecule has 0 radical (unpaired) electrons. The fraction of sp³-hybridized carbons (Fsp3) is 0.222. The molecule has 2 N–H and O–H groups in total. The summed E-state index contributed by atoms with van der Waals surface area (Å²) >= 11 is 1.47. The third-order valence-corrected chi connectivity index (χ3v) is 4.67. The van der Waals surface area contributed by atoms with Gasteiger partial charge in [0.05, 0.1) is 17.1 Å². The molecule has 0 atom stereocenters. The van der Waals surface area contributed by atoms with E-state index in [4.69, 9.17) is 4.52 Å². The zero-order valence-electron chi connectivity index (χ0n) is 14.4. The third-order valence-electron chi connectivity index (χ3n) is 3.63. The maximum Gasteiger partial charge on any atom is 0.251 e. The highest BCUT2D eigenvalue weighted by atomic mass is 32.1. The molecule has 0 unspecified atom stereocenters. The molecule has 1 aromatic carbocycles. The summed E-state index contributed by atoms with van der Waals surface area (Å²) in [6, 6.07) is 10.6. The van der Waals surface area contributed by atoms with E-state index >= 15 is 0 Å². The van der Waals surface area contributed by atoms with Crippen LogP contribution in [0, 0.1) is 6.92 Å². The van der Waals surface area contributed by atoms with Crippen LogP contribution < -0.4 is 10.6 Å². The van der Waals surface area contributed by atoms with Gasteiger partial charge >= 0.3 is 0 Å². The van der Waals surface area contributed by atoms with Gasteiger partial charge in [-0.15, -0.1) is 11.3 Å². The van der Waals surface area contributed by atoms with Gasteiger partial charge in [-0.25, -0.2) is 0 Å². The van der Waals surface area contributed by atoms with Gasteiger partial charge < -0.3 is 15.2 Å². The number of carbonyl (C=O) groups excluding carboxylic acids is 2. The van der Waals surface area contributed by atoms with Crippen LogP contribution in [-0.4, -0.2) is 28.5 Å². The highest BCUT2D eigenvalue weighted by Crippen LogP contribution is 2.32. The highest BCUT2D eigenvalue weighted by Gasteiger charge is 2.15. The van der Waals surface area contributed by atoms with Crippen LogP contribution in [0.5, 0.6) is 0 Å². The SMILES string of the molecule is CCc1nc(-c2cc(NC(=O)CNC(=O)c3ccccc3)c(C)s2)no1. The summed E-state index contributed by atoms with van der Waals surface area (Å²) in [7, 11) is 0. The van der Waals surface area contributed by atoms with E-state index in [0.29, 0.717) is 29.4 Å². The number of nitrogens with zero attached hydrogens (tertiary/aromatic N) is 2. The van der Waals surface area contributed by atoms with E-state index in [1.54, 1.807) is 30.3 Å². The van der Waals surface area contributed by atoms with Gasteiger partial charge in [0.15, 0.2) is 0 Å². The Bertz CT molecular complexity index is 918. The van der Waals surface area contributed by atoms with Crippen molar-refractivity contribution in [3.05, 3.63) is 52.7 Å². The van der Waals surface area contributed by atoms with Crippen molar-refractivity contribution in [2.75, 3.05) is 11.9 Å². The van der Waals surface area contributed by atoms with E-state index in [1.807, 2.05) is 19.9 Å². The molecule has 0 saturated heterocycles. The number of rotatable bonds is 6. The smallest absolute Gasteiger partial charge is 0.251 e. The molecule has 0 aliphatic rings. The first-order valence-corrected chi connectivity index (χ1v) is 8.95. The Balaban J connectivity index is 1.60. The number of benzene rings is 1. The number of anilines is 1. The third kappa shape index (κ3) is 4.15. The predicted octanol–water partition coefficient (Wildman–Crippen LogP) is 3.04. The number of aryl methyl sites for hydroxylation is 2. The number of amides is 2. The lowest BCUT2D eigenvalue weighted by Gasteiger charge is -2.06. The number of aromatic nitrogens is 2. The number of carbonyl (C=O) groups is 2. The molecule has 0 spiro atoms. The molecule has 0 aliphatic heterocycles. The van der Waals surface area contributed by atoms with Crippen molar-refractivity contribution in [2.24, 2.45) is 0 Å². The second-order valence-electron chi connectivity index (χ2n) is 5.54. The summed E-state index contributed by atoms with van der Waals surface area (Å²) < 4.78 is 5.12. The summed E-state index contributed by atoms with van der Waals surface area (Å²) in [5, 5.41) is 9.34. The van der Waals surface area contributed by atoms with Crippen molar-refractivity contribution in [2.45, 2.75) is 20.3 Å². The molecule has 2 heterocycles. The molecule has 8 heteroatoms. The molecular formula is C18H18N4O3S. The van der Waals surface area contributed by atoms with E-state index < -0.39 is 0 Å². The standard InChI is InChI=1S/C18H18N4O3S/c1-3-16-21-17(22-25-16)14-9-13(11(2)26-14)20-15(23)10-19-18(24)12-7-5-4-6-8-12/h4-9H,3,10H2,1-2H3,(H,19,24)(H,20,23). The second kappa shape index (κ2) is 7.92. The van der Waals surface area contributed by atoms with Gasteiger partial charge in [0.25, 0.3) is 5.91 Å². The average Bonchev–Trinajstić information content (AvgIpc) is 3.27. The Hall–Kier alpha value is -3.00. The molecule has 0 fully saturated rings. The van der Waals surface area contributed by atoms with Crippen LogP contribution >= 0.6 is 11.3 Å². The Kier molecular flexibility index (Phi) is 5.43. The van der Waals surface area contributed by atoms with Crippen LogP contribution in [0.25, 0.3) is 10.7 Å². The molecule has 3 rings (SSSR count). The minimum atomic E-state index is -0.302. The minimum Gasteiger partial charge on any atom is -0.343 e. The summed E-state index contributed by atoms with van der Waals surface area (Å²) in [6.07, 6.45) is 0.669. The Labute approximate surface area is 154 Å². The molecule has 7 nitrogen and oxygen atoms in total. The van der Waals surface area contributed by atoms with Crippen LogP contribution in [0.4, 0.5) is 5.69 Å². The average molecular weight is 370 g/mol. The molecule has 0 bridgehead atoms. The largest absolute Gasteiger partial charge is 0.343 e. The van der Waals surface area contributed by atoms with E-state index in [2.05, 4.69) is 20.8 Å². The maximum atomic E-state index is 12.1. The number of hydrogen-bond acceptors (Lipinski definition) is 6. The first-order chi connectivity index (χ1) is 12.6. The normalized spacial score (nSPS) is 10.5. The molecule has 3 aromatic rings. The van der Waals surface area contributed by atoms with Crippen LogP contribution in [0.2, 0.25) is 0 Å². The number of hydrogen-bond donors (Lipinski definition) is 2. The summed E-state index contributed by atoms with van der Waals surface area (Å²) in [5.74, 6) is 0.486. The first-order valence-electron chi connectivity index (χ1n) is 8.13. The van der Waals surface area contributed by atoms with Crippen LogP contribution in [0.1, 0.15) is 28.0 Å². The van der Waals surface area contributed by atoms with E-state index in [-0.39, 0.29) is 18.4 Å². The quantitative estimate of drug-likeness (QED) is 0.695.